The summed E-state index contributed by atoms with van der Waals surface area (Å²) in [6.07, 6.45) is 0.162. The molecule has 0 aromatic carbocycles. The average molecular weight is 262 g/mol. The van der Waals surface area contributed by atoms with E-state index in [1.54, 1.807) is 7.11 Å². The molecule has 2 N–H and O–H groups in total. The lowest BCUT2D eigenvalue weighted by Gasteiger charge is -2.29. The van der Waals surface area contributed by atoms with Crippen molar-refractivity contribution >= 4 is 5.91 Å². The number of ether oxygens (including phenoxy) is 1. The van der Waals surface area contributed by atoms with Gasteiger partial charge >= 0.3 is 0 Å². The molecule has 6 heteroatoms. The lowest BCUT2D eigenvalue weighted by atomic mass is 9.86. The van der Waals surface area contributed by atoms with E-state index in [1.165, 1.54) is 0 Å². The van der Waals surface area contributed by atoms with E-state index >= 15 is 0 Å². The molecule has 1 aliphatic heterocycles. The SMILES string of the molecule is CO[C@H]1CNCC1NC(=O)C1CCC(F)(F)CC1. The predicted octanol–water partition coefficient (Wildman–Crippen LogP) is 0.915. The van der Waals surface area contributed by atoms with Crippen molar-refractivity contribution < 1.29 is 18.3 Å². The first kappa shape index (κ1) is 13.7. The fraction of sp³-hybridized carbons (Fsp3) is 0.917. The molecule has 1 amide bonds. The van der Waals surface area contributed by atoms with Gasteiger partial charge in [0.1, 0.15) is 0 Å². The highest BCUT2D eigenvalue weighted by Crippen LogP contribution is 2.36. The molecule has 1 saturated carbocycles. The van der Waals surface area contributed by atoms with Crippen molar-refractivity contribution in [2.45, 2.75) is 43.8 Å². The maximum Gasteiger partial charge on any atom is 0.248 e. The van der Waals surface area contributed by atoms with Crippen LogP contribution in [0.25, 0.3) is 0 Å². The summed E-state index contributed by atoms with van der Waals surface area (Å²) in [5.41, 5.74) is 0. The van der Waals surface area contributed by atoms with Gasteiger partial charge in [0.25, 0.3) is 0 Å². The second kappa shape index (κ2) is 5.48. The third-order valence-corrected chi connectivity index (χ3v) is 3.88. The third-order valence-electron chi connectivity index (χ3n) is 3.88. The molecule has 0 spiro atoms. The number of methoxy groups -OCH3 is 1. The summed E-state index contributed by atoms with van der Waals surface area (Å²) in [6, 6.07) is -0.0510. The largest absolute Gasteiger partial charge is 0.378 e. The maximum atomic E-state index is 13.0. The van der Waals surface area contributed by atoms with Crippen LogP contribution in [0.3, 0.4) is 0 Å². The normalized spacial score (nSPS) is 32.4. The van der Waals surface area contributed by atoms with Crippen LogP contribution < -0.4 is 10.6 Å². The molecule has 0 radical (unpaired) electrons. The van der Waals surface area contributed by atoms with Crippen LogP contribution in [0.1, 0.15) is 25.7 Å². The molecule has 1 saturated heterocycles. The lowest BCUT2D eigenvalue weighted by Crippen LogP contribution is -2.47. The number of carbonyl (C=O) groups excluding carboxylic acids is 1. The van der Waals surface area contributed by atoms with E-state index in [2.05, 4.69) is 10.6 Å². The Kier molecular flexibility index (Phi) is 4.17. The van der Waals surface area contributed by atoms with E-state index < -0.39 is 5.92 Å². The van der Waals surface area contributed by atoms with Crippen LogP contribution in [-0.4, -0.2) is 44.2 Å². The minimum atomic E-state index is -2.58. The first-order chi connectivity index (χ1) is 8.52. The number of rotatable bonds is 3. The highest BCUT2D eigenvalue weighted by atomic mass is 19.3. The minimum Gasteiger partial charge on any atom is -0.378 e. The zero-order valence-electron chi connectivity index (χ0n) is 10.5. The van der Waals surface area contributed by atoms with E-state index in [1.807, 2.05) is 0 Å². The van der Waals surface area contributed by atoms with Crippen molar-refractivity contribution in [3.63, 3.8) is 0 Å². The summed E-state index contributed by atoms with van der Waals surface area (Å²) >= 11 is 0. The van der Waals surface area contributed by atoms with Crippen molar-refractivity contribution in [2.24, 2.45) is 5.92 Å². The minimum absolute atomic E-state index is 0.0287. The van der Waals surface area contributed by atoms with Gasteiger partial charge in [-0.05, 0) is 12.8 Å². The number of hydrogen-bond donors (Lipinski definition) is 2. The molecule has 18 heavy (non-hydrogen) atoms. The average Bonchev–Trinajstić information content (AvgIpc) is 2.76. The third kappa shape index (κ3) is 3.17. The van der Waals surface area contributed by atoms with Crippen LogP contribution in [0.15, 0.2) is 0 Å². The quantitative estimate of drug-likeness (QED) is 0.795. The molecule has 1 heterocycles. The summed E-state index contributed by atoms with van der Waals surface area (Å²) in [4.78, 5) is 12.0. The Morgan fingerprint density at radius 3 is 2.61 bits per heavy atom. The van der Waals surface area contributed by atoms with Gasteiger partial charge in [0.2, 0.25) is 11.8 Å². The molecule has 2 aliphatic rings. The number of nitrogens with one attached hydrogen (secondary N) is 2. The first-order valence-corrected chi connectivity index (χ1v) is 6.43. The van der Waals surface area contributed by atoms with Crippen molar-refractivity contribution in [3.05, 3.63) is 0 Å². The van der Waals surface area contributed by atoms with Gasteiger partial charge in [-0.3, -0.25) is 4.79 Å². The fourth-order valence-corrected chi connectivity index (χ4v) is 2.65. The van der Waals surface area contributed by atoms with Gasteiger partial charge in [0.05, 0.1) is 12.1 Å². The van der Waals surface area contributed by atoms with E-state index in [9.17, 15) is 13.6 Å². The summed E-state index contributed by atoms with van der Waals surface area (Å²) in [6.45, 7) is 1.39. The summed E-state index contributed by atoms with van der Waals surface area (Å²) in [5.74, 6) is -2.97. The Labute approximate surface area is 105 Å². The van der Waals surface area contributed by atoms with Crippen molar-refractivity contribution in [1.82, 2.24) is 10.6 Å². The van der Waals surface area contributed by atoms with Crippen molar-refractivity contribution in [1.29, 1.82) is 0 Å². The molecule has 0 aromatic rings. The second-order valence-electron chi connectivity index (χ2n) is 5.18. The van der Waals surface area contributed by atoms with Crippen LogP contribution in [0.2, 0.25) is 0 Å². The zero-order chi connectivity index (χ0) is 13.2. The Balaban J connectivity index is 1.82. The smallest absolute Gasteiger partial charge is 0.248 e. The van der Waals surface area contributed by atoms with E-state index in [4.69, 9.17) is 4.74 Å². The van der Waals surface area contributed by atoms with E-state index in [-0.39, 0.29) is 49.7 Å². The number of hydrogen-bond acceptors (Lipinski definition) is 3. The van der Waals surface area contributed by atoms with Crippen molar-refractivity contribution in [3.8, 4) is 0 Å². The monoisotopic (exact) mass is 262 g/mol. The summed E-state index contributed by atoms with van der Waals surface area (Å²) in [5, 5.41) is 6.04. The summed E-state index contributed by atoms with van der Waals surface area (Å²) < 4.78 is 31.2. The van der Waals surface area contributed by atoms with Gasteiger partial charge in [-0.2, -0.15) is 0 Å². The Morgan fingerprint density at radius 1 is 1.33 bits per heavy atom. The molecule has 2 rings (SSSR count). The molecule has 1 aliphatic carbocycles. The molecule has 4 nitrogen and oxygen atoms in total. The number of carbonyl (C=O) groups is 1. The topological polar surface area (TPSA) is 50.4 Å². The van der Waals surface area contributed by atoms with Gasteiger partial charge in [0.15, 0.2) is 0 Å². The van der Waals surface area contributed by atoms with Crippen LogP contribution in [0.4, 0.5) is 8.78 Å². The molecule has 0 bridgehead atoms. The standard InChI is InChI=1S/C12H20F2N2O2/c1-18-10-7-15-6-9(10)16-11(17)8-2-4-12(13,14)5-3-8/h8-10,15H,2-7H2,1H3,(H,16,17)/t9?,10-/m0/s1. The molecule has 2 atom stereocenters. The zero-order valence-corrected chi connectivity index (χ0v) is 10.5. The Bertz CT molecular complexity index is 302. The van der Waals surface area contributed by atoms with E-state index in [0.29, 0.717) is 13.1 Å². The Morgan fingerprint density at radius 2 is 2.00 bits per heavy atom. The molecule has 104 valence electrons. The number of amides is 1. The van der Waals surface area contributed by atoms with Gasteiger partial charge in [-0.1, -0.05) is 0 Å². The number of halogens is 2. The number of alkyl halides is 2. The second-order valence-corrected chi connectivity index (χ2v) is 5.18. The van der Waals surface area contributed by atoms with Crippen molar-refractivity contribution in [2.75, 3.05) is 20.2 Å². The van der Waals surface area contributed by atoms with Crippen LogP contribution in [0.5, 0.6) is 0 Å². The molecule has 0 aromatic heterocycles. The van der Waals surface area contributed by atoms with Crippen LogP contribution >= 0.6 is 0 Å². The van der Waals surface area contributed by atoms with Crippen LogP contribution in [-0.2, 0) is 9.53 Å². The predicted molar refractivity (Wildman–Crippen MR) is 62.5 cm³/mol. The molecular weight excluding hydrogens is 242 g/mol. The molecule has 1 unspecified atom stereocenters. The lowest BCUT2D eigenvalue weighted by molar-refractivity contribution is -0.130. The van der Waals surface area contributed by atoms with E-state index in [0.717, 1.165) is 0 Å². The summed E-state index contributed by atoms with van der Waals surface area (Å²) in [7, 11) is 1.61. The molecule has 2 fully saturated rings. The molecular formula is C12H20F2N2O2. The van der Waals surface area contributed by atoms with Gasteiger partial charge in [-0.25, -0.2) is 8.78 Å². The highest BCUT2D eigenvalue weighted by molar-refractivity contribution is 5.79. The van der Waals surface area contributed by atoms with Crippen LogP contribution in [0, 0.1) is 5.92 Å². The van der Waals surface area contributed by atoms with Gasteiger partial charge in [-0.15, -0.1) is 0 Å². The van der Waals surface area contributed by atoms with Gasteiger partial charge < -0.3 is 15.4 Å². The first-order valence-electron chi connectivity index (χ1n) is 6.43. The van der Waals surface area contributed by atoms with Gasteiger partial charge in [0, 0.05) is 39.0 Å². The maximum absolute atomic E-state index is 13.0. The fourth-order valence-electron chi connectivity index (χ4n) is 2.65. The Hall–Kier alpha value is -0.750. The highest BCUT2D eigenvalue weighted by Gasteiger charge is 2.38.